The Kier molecular flexibility index (Phi) is 10.1. The highest BCUT2D eigenvalue weighted by molar-refractivity contribution is 9.10. The van der Waals surface area contributed by atoms with Crippen LogP contribution in [0.25, 0.3) is 0 Å². The summed E-state index contributed by atoms with van der Waals surface area (Å²) in [6, 6.07) is 21.8. The van der Waals surface area contributed by atoms with Crippen molar-refractivity contribution in [1.82, 2.24) is 10.2 Å². The maximum absolute atomic E-state index is 13.9. The first kappa shape index (κ1) is 29.4. The number of carbonyl (C=O) groups excluding carboxylic acids is 2. The van der Waals surface area contributed by atoms with E-state index in [2.05, 4.69) is 21.2 Å². The topological polar surface area (TPSA) is 86.8 Å². The fraction of sp³-hybridized carbons (Fsp3) is 0.310. The molecule has 0 spiro atoms. The minimum Gasteiger partial charge on any atom is -0.352 e. The summed E-state index contributed by atoms with van der Waals surface area (Å²) in [4.78, 5) is 28.4. The maximum atomic E-state index is 13.9. The number of benzene rings is 3. The van der Waals surface area contributed by atoms with Crippen LogP contribution < -0.4 is 9.62 Å². The molecule has 202 valence electrons. The zero-order chi connectivity index (χ0) is 27.9. The Hall–Kier alpha value is -3.17. The molecule has 38 heavy (non-hydrogen) atoms. The van der Waals surface area contributed by atoms with Crippen LogP contribution in [0.4, 0.5) is 5.69 Å². The Balaban J connectivity index is 2.01. The van der Waals surface area contributed by atoms with Gasteiger partial charge in [-0.1, -0.05) is 76.9 Å². The summed E-state index contributed by atoms with van der Waals surface area (Å²) in [6.45, 7) is 7.09. The third-order valence-electron chi connectivity index (χ3n) is 6.35. The number of anilines is 1. The number of aryl methyl sites for hydroxylation is 1. The predicted molar refractivity (Wildman–Crippen MR) is 154 cm³/mol. The van der Waals surface area contributed by atoms with Crippen molar-refractivity contribution >= 4 is 43.5 Å². The SMILES string of the molecule is CC[C@@H](C)NC(=O)[C@H](C)N(Cc1ccccc1)C(=O)CN(c1cccc(Br)c1)S(=O)(=O)c1ccc(C)cc1. The Morgan fingerprint density at radius 2 is 1.61 bits per heavy atom. The normalized spacial score (nSPS) is 12.9. The zero-order valence-corrected chi connectivity index (χ0v) is 24.5. The molecule has 3 rings (SSSR count). The van der Waals surface area contributed by atoms with Crippen molar-refractivity contribution in [1.29, 1.82) is 0 Å². The number of halogens is 1. The summed E-state index contributed by atoms with van der Waals surface area (Å²) >= 11 is 3.40. The lowest BCUT2D eigenvalue weighted by atomic mass is 10.1. The highest BCUT2D eigenvalue weighted by Gasteiger charge is 2.32. The van der Waals surface area contributed by atoms with Crippen molar-refractivity contribution in [2.75, 3.05) is 10.8 Å². The van der Waals surface area contributed by atoms with Crippen LogP contribution in [0.15, 0.2) is 88.2 Å². The van der Waals surface area contributed by atoms with Crippen molar-refractivity contribution in [3.8, 4) is 0 Å². The summed E-state index contributed by atoms with van der Waals surface area (Å²) in [7, 11) is -4.09. The minimum absolute atomic E-state index is 0.0568. The number of hydrogen-bond donors (Lipinski definition) is 1. The average Bonchev–Trinajstić information content (AvgIpc) is 2.90. The van der Waals surface area contributed by atoms with Crippen LogP contribution in [-0.4, -0.2) is 43.8 Å². The van der Waals surface area contributed by atoms with Gasteiger partial charge in [-0.05, 0) is 63.1 Å². The Bertz CT molecular complexity index is 1350. The van der Waals surface area contributed by atoms with Gasteiger partial charge >= 0.3 is 0 Å². The van der Waals surface area contributed by atoms with Gasteiger partial charge in [-0.2, -0.15) is 0 Å². The Labute approximate surface area is 234 Å². The third kappa shape index (κ3) is 7.45. The quantitative estimate of drug-likeness (QED) is 0.324. The van der Waals surface area contributed by atoms with Crippen molar-refractivity contribution < 1.29 is 18.0 Å². The lowest BCUT2D eigenvalue weighted by Crippen LogP contribution is -2.52. The number of carbonyl (C=O) groups is 2. The highest BCUT2D eigenvalue weighted by atomic mass is 79.9. The van der Waals surface area contributed by atoms with Gasteiger partial charge in [0.25, 0.3) is 10.0 Å². The highest BCUT2D eigenvalue weighted by Crippen LogP contribution is 2.27. The van der Waals surface area contributed by atoms with Gasteiger partial charge in [0, 0.05) is 17.1 Å². The standard InChI is InChI=1S/C29H34BrN3O4S/c1-5-22(3)31-29(35)23(4)32(19-24-10-7-6-8-11-24)28(34)20-33(26-13-9-12-25(30)18-26)38(36,37)27-16-14-21(2)15-17-27/h6-18,22-23H,5,19-20H2,1-4H3,(H,31,35)/t22-,23+/m1/s1. The molecule has 0 unspecified atom stereocenters. The molecule has 3 aromatic rings. The van der Waals surface area contributed by atoms with Crippen LogP contribution in [0, 0.1) is 6.92 Å². The maximum Gasteiger partial charge on any atom is 0.264 e. The third-order valence-corrected chi connectivity index (χ3v) is 8.63. The van der Waals surface area contributed by atoms with E-state index in [1.807, 2.05) is 51.1 Å². The van der Waals surface area contributed by atoms with Crippen LogP contribution in [0.3, 0.4) is 0 Å². The number of nitrogens with zero attached hydrogens (tertiary/aromatic N) is 2. The Morgan fingerprint density at radius 1 is 0.947 bits per heavy atom. The van der Waals surface area contributed by atoms with E-state index in [4.69, 9.17) is 0 Å². The van der Waals surface area contributed by atoms with E-state index in [0.29, 0.717) is 10.2 Å². The summed E-state index contributed by atoms with van der Waals surface area (Å²) < 4.78 is 29.4. The first-order chi connectivity index (χ1) is 18.0. The van der Waals surface area contributed by atoms with Gasteiger partial charge < -0.3 is 10.2 Å². The van der Waals surface area contributed by atoms with E-state index in [-0.39, 0.29) is 23.4 Å². The molecule has 0 aromatic heterocycles. The molecule has 0 heterocycles. The second-order valence-corrected chi connectivity index (χ2v) is 12.1. The van der Waals surface area contributed by atoms with E-state index < -0.39 is 28.5 Å². The zero-order valence-electron chi connectivity index (χ0n) is 22.1. The molecule has 0 aliphatic heterocycles. The molecular weight excluding hydrogens is 566 g/mol. The van der Waals surface area contributed by atoms with Crippen LogP contribution in [0.2, 0.25) is 0 Å². The molecule has 2 amide bonds. The molecule has 0 radical (unpaired) electrons. The molecule has 0 saturated heterocycles. The fourth-order valence-corrected chi connectivity index (χ4v) is 5.62. The van der Waals surface area contributed by atoms with E-state index in [1.54, 1.807) is 43.3 Å². The summed E-state index contributed by atoms with van der Waals surface area (Å²) in [5.41, 5.74) is 2.09. The van der Waals surface area contributed by atoms with Gasteiger partial charge in [0.2, 0.25) is 11.8 Å². The molecular formula is C29H34BrN3O4S. The van der Waals surface area contributed by atoms with Crippen molar-refractivity contribution in [3.05, 3.63) is 94.5 Å². The fourth-order valence-electron chi connectivity index (χ4n) is 3.83. The van der Waals surface area contributed by atoms with Gasteiger partial charge in [0.1, 0.15) is 12.6 Å². The van der Waals surface area contributed by atoms with E-state index in [1.165, 1.54) is 17.0 Å². The molecule has 0 bridgehead atoms. The second-order valence-electron chi connectivity index (χ2n) is 9.31. The van der Waals surface area contributed by atoms with Crippen molar-refractivity contribution in [3.63, 3.8) is 0 Å². The summed E-state index contributed by atoms with van der Waals surface area (Å²) in [5.74, 6) is -0.782. The van der Waals surface area contributed by atoms with Crippen LogP contribution in [0.5, 0.6) is 0 Å². The van der Waals surface area contributed by atoms with Crippen LogP contribution >= 0.6 is 15.9 Å². The molecule has 0 saturated carbocycles. The van der Waals surface area contributed by atoms with Crippen LogP contribution in [0.1, 0.15) is 38.3 Å². The average molecular weight is 601 g/mol. The molecule has 9 heteroatoms. The molecule has 0 aliphatic carbocycles. The van der Waals surface area contributed by atoms with Gasteiger partial charge in [-0.25, -0.2) is 8.42 Å². The molecule has 2 atom stereocenters. The largest absolute Gasteiger partial charge is 0.352 e. The number of rotatable bonds is 11. The van der Waals surface area contributed by atoms with Crippen LogP contribution in [-0.2, 0) is 26.2 Å². The van der Waals surface area contributed by atoms with E-state index in [9.17, 15) is 18.0 Å². The number of amides is 2. The van der Waals surface area contributed by atoms with Gasteiger partial charge in [0.15, 0.2) is 0 Å². The van der Waals surface area contributed by atoms with E-state index in [0.717, 1.165) is 21.9 Å². The van der Waals surface area contributed by atoms with Gasteiger partial charge in [0.05, 0.1) is 10.6 Å². The minimum atomic E-state index is -4.09. The van der Waals surface area contributed by atoms with Crippen molar-refractivity contribution in [2.45, 2.75) is 57.6 Å². The second kappa shape index (κ2) is 13.1. The summed E-state index contributed by atoms with van der Waals surface area (Å²) in [5, 5.41) is 2.93. The molecule has 7 nitrogen and oxygen atoms in total. The Morgan fingerprint density at radius 3 is 2.21 bits per heavy atom. The van der Waals surface area contributed by atoms with Crippen molar-refractivity contribution in [2.24, 2.45) is 0 Å². The number of hydrogen-bond acceptors (Lipinski definition) is 4. The van der Waals surface area contributed by atoms with Gasteiger partial charge in [-0.15, -0.1) is 0 Å². The molecule has 3 aromatic carbocycles. The lowest BCUT2D eigenvalue weighted by Gasteiger charge is -2.32. The first-order valence-corrected chi connectivity index (χ1v) is 14.7. The monoisotopic (exact) mass is 599 g/mol. The number of nitrogens with one attached hydrogen (secondary N) is 1. The molecule has 0 fully saturated rings. The van der Waals surface area contributed by atoms with E-state index >= 15 is 0 Å². The van der Waals surface area contributed by atoms with Gasteiger partial charge in [-0.3, -0.25) is 13.9 Å². The first-order valence-electron chi connectivity index (χ1n) is 12.5. The smallest absolute Gasteiger partial charge is 0.264 e. The molecule has 0 aliphatic rings. The predicted octanol–water partition coefficient (Wildman–Crippen LogP) is 5.28. The summed E-state index contributed by atoms with van der Waals surface area (Å²) in [6.07, 6.45) is 0.747. The number of sulfonamides is 1. The lowest BCUT2D eigenvalue weighted by molar-refractivity contribution is -0.139. The molecule has 1 N–H and O–H groups in total.